The van der Waals surface area contributed by atoms with Gasteiger partial charge in [-0.3, -0.25) is 9.59 Å². The van der Waals surface area contributed by atoms with Gasteiger partial charge in [-0.05, 0) is 41.0 Å². The third-order valence-corrected chi connectivity index (χ3v) is 2.29. The van der Waals surface area contributed by atoms with Crippen LogP contribution < -0.4 is 0 Å². The Bertz CT molecular complexity index is 278. The maximum atomic E-state index is 11.9. The number of esters is 2. The Hall–Kier alpha value is -1.14. The second-order valence-electron chi connectivity index (χ2n) is 5.07. The van der Waals surface area contributed by atoms with Gasteiger partial charge in [-0.1, -0.05) is 0 Å². The van der Waals surface area contributed by atoms with E-state index in [0.29, 0.717) is 6.61 Å². The van der Waals surface area contributed by atoms with Crippen LogP contribution in [0.15, 0.2) is 0 Å². The van der Waals surface area contributed by atoms with E-state index in [1.165, 1.54) is 0 Å². The molecule has 118 valence electrons. The fourth-order valence-electron chi connectivity index (χ4n) is 1.51. The zero-order chi connectivity index (χ0) is 15.7. The third-order valence-electron chi connectivity index (χ3n) is 2.29. The van der Waals surface area contributed by atoms with Crippen LogP contribution in [-0.4, -0.2) is 48.6 Å². The minimum Gasteiger partial charge on any atom is -0.462 e. The molecule has 0 heterocycles. The number of hydrogen-bond acceptors (Lipinski definition) is 6. The zero-order valence-corrected chi connectivity index (χ0v) is 12.9. The van der Waals surface area contributed by atoms with Crippen molar-refractivity contribution >= 4 is 11.9 Å². The molecule has 0 aliphatic carbocycles. The number of aliphatic hydroxyl groups is 1. The highest BCUT2D eigenvalue weighted by atomic mass is 16.6. The first-order valence-electron chi connectivity index (χ1n) is 6.94. The fraction of sp³-hybridized carbons (Fsp3) is 0.857. The van der Waals surface area contributed by atoms with E-state index < -0.39 is 24.0 Å². The van der Waals surface area contributed by atoms with Gasteiger partial charge in [-0.2, -0.15) is 0 Å². The molecule has 1 atom stereocenters. The Labute approximate surface area is 120 Å². The van der Waals surface area contributed by atoms with E-state index in [1.54, 1.807) is 34.6 Å². The summed E-state index contributed by atoms with van der Waals surface area (Å²) in [6.45, 7) is 9.09. The van der Waals surface area contributed by atoms with E-state index in [4.69, 9.17) is 14.2 Å². The molecule has 0 amide bonds. The molecule has 0 aliphatic heterocycles. The van der Waals surface area contributed by atoms with Crippen molar-refractivity contribution in [3.05, 3.63) is 0 Å². The van der Waals surface area contributed by atoms with Crippen LogP contribution >= 0.6 is 0 Å². The summed E-state index contributed by atoms with van der Waals surface area (Å²) in [7, 11) is 0. The van der Waals surface area contributed by atoms with Crippen LogP contribution in [0, 0.1) is 5.92 Å². The van der Waals surface area contributed by atoms with Gasteiger partial charge >= 0.3 is 11.9 Å². The average Bonchev–Trinajstić information content (AvgIpc) is 2.31. The van der Waals surface area contributed by atoms with Gasteiger partial charge in [0.2, 0.25) is 0 Å². The van der Waals surface area contributed by atoms with Gasteiger partial charge in [0.25, 0.3) is 0 Å². The van der Waals surface area contributed by atoms with Gasteiger partial charge in [0.1, 0.15) is 0 Å². The summed E-state index contributed by atoms with van der Waals surface area (Å²) in [4.78, 5) is 23.8. The highest BCUT2D eigenvalue weighted by Gasteiger charge is 2.33. The number of carbonyl (C=O) groups is 2. The molecule has 0 fully saturated rings. The Morgan fingerprint density at radius 3 is 1.80 bits per heavy atom. The van der Waals surface area contributed by atoms with Gasteiger partial charge < -0.3 is 19.3 Å². The van der Waals surface area contributed by atoms with E-state index in [2.05, 4.69) is 0 Å². The SMILES string of the molecule is CCOCC(O)CC(C(=O)OC(C)C)C(=O)OC(C)C. The van der Waals surface area contributed by atoms with E-state index >= 15 is 0 Å². The lowest BCUT2D eigenvalue weighted by molar-refractivity contribution is -0.168. The molecule has 0 bridgehead atoms. The van der Waals surface area contributed by atoms with Crippen molar-refractivity contribution in [2.45, 2.75) is 59.4 Å². The molecule has 0 saturated heterocycles. The minimum atomic E-state index is -1.13. The Kier molecular flexibility index (Phi) is 9.16. The summed E-state index contributed by atoms with van der Waals surface area (Å²) in [5.74, 6) is -2.49. The molecule has 0 aromatic rings. The molecule has 0 saturated carbocycles. The van der Waals surface area contributed by atoms with Crippen molar-refractivity contribution in [1.29, 1.82) is 0 Å². The van der Waals surface area contributed by atoms with Crippen molar-refractivity contribution in [3.8, 4) is 0 Å². The zero-order valence-electron chi connectivity index (χ0n) is 12.9. The molecule has 6 nitrogen and oxygen atoms in total. The minimum absolute atomic E-state index is 0.0664. The quantitative estimate of drug-likeness (QED) is 0.509. The van der Waals surface area contributed by atoms with Crippen LogP contribution in [0.5, 0.6) is 0 Å². The van der Waals surface area contributed by atoms with Crippen molar-refractivity contribution < 1.29 is 28.9 Å². The summed E-state index contributed by atoms with van der Waals surface area (Å²) in [5.41, 5.74) is 0. The van der Waals surface area contributed by atoms with Crippen molar-refractivity contribution in [2.24, 2.45) is 5.92 Å². The van der Waals surface area contributed by atoms with Crippen LogP contribution in [0.25, 0.3) is 0 Å². The topological polar surface area (TPSA) is 82.1 Å². The summed E-state index contributed by atoms with van der Waals surface area (Å²) in [6, 6.07) is 0. The Balaban J connectivity index is 4.69. The van der Waals surface area contributed by atoms with Crippen molar-refractivity contribution in [2.75, 3.05) is 13.2 Å². The molecular formula is C14H26O6. The number of aliphatic hydroxyl groups excluding tert-OH is 1. The number of carbonyl (C=O) groups excluding carboxylic acids is 2. The van der Waals surface area contributed by atoms with Crippen LogP contribution in [0.3, 0.4) is 0 Å². The largest absolute Gasteiger partial charge is 0.462 e. The van der Waals surface area contributed by atoms with E-state index in [1.807, 2.05) is 0 Å². The lowest BCUT2D eigenvalue weighted by Gasteiger charge is -2.20. The molecule has 0 aliphatic rings. The van der Waals surface area contributed by atoms with Crippen LogP contribution in [0.4, 0.5) is 0 Å². The molecule has 20 heavy (non-hydrogen) atoms. The average molecular weight is 290 g/mol. The van der Waals surface area contributed by atoms with Gasteiger partial charge in [0.15, 0.2) is 5.92 Å². The first-order chi connectivity index (χ1) is 9.27. The van der Waals surface area contributed by atoms with Crippen LogP contribution in [-0.2, 0) is 23.8 Å². The Morgan fingerprint density at radius 1 is 1.00 bits per heavy atom. The highest BCUT2D eigenvalue weighted by molar-refractivity contribution is 5.95. The van der Waals surface area contributed by atoms with Crippen LogP contribution in [0.2, 0.25) is 0 Å². The van der Waals surface area contributed by atoms with E-state index in [0.717, 1.165) is 0 Å². The van der Waals surface area contributed by atoms with Gasteiger partial charge in [-0.25, -0.2) is 0 Å². The summed E-state index contributed by atoms with van der Waals surface area (Å²) in [6.07, 6.45) is -1.65. The van der Waals surface area contributed by atoms with Crippen molar-refractivity contribution in [3.63, 3.8) is 0 Å². The smallest absolute Gasteiger partial charge is 0.320 e. The standard InChI is InChI=1S/C14H26O6/c1-6-18-8-11(15)7-12(13(16)19-9(2)3)14(17)20-10(4)5/h9-12,15H,6-8H2,1-5H3. The molecular weight excluding hydrogens is 264 g/mol. The number of ether oxygens (including phenoxy) is 3. The predicted molar refractivity (Wildman–Crippen MR) is 73.1 cm³/mol. The second-order valence-corrected chi connectivity index (χ2v) is 5.07. The Morgan fingerprint density at radius 2 is 1.45 bits per heavy atom. The third kappa shape index (κ3) is 8.12. The predicted octanol–water partition coefficient (Wildman–Crippen LogP) is 1.29. The van der Waals surface area contributed by atoms with E-state index in [9.17, 15) is 14.7 Å². The summed E-state index contributed by atoms with van der Waals surface area (Å²) < 4.78 is 15.1. The van der Waals surface area contributed by atoms with Crippen LogP contribution in [0.1, 0.15) is 41.0 Å². The first-order valence-corrected chi connectivity index (χ1v) is 6.94. The normalized spacial score (nSPS) is 12.8. The first kappa shape index (κ1) is 18.9. The van der Waals surface area contributed by atoms with Crippen molar-refractivity contribution in [1.82, 2.24) is 0 Å². The lowest BCUT2D eigenvalue weighted by atomic mass is 10.0. The number of rotatable bonds is 9. The molecule has 0 aromatic heterocycles. The van der Waals surface area contributed by atoms with E-state index in [-0.39, 0.29) is 25.2 Å². The molecule has 6 heteroatoms. The second kappa shape index (κ2) is 9.72. The molecule has 1 unspecified atom stereocenters. The van der Waals surface area contributed by atoms with Gasteiger partial charge in [0, 0.05) is 6.61 Å². The maximum absolute atomic E-state index is 11.9. The fourth-order valence-corrected chi connectivity index (χ4v) is 1.51. The van der Waals surface area contributed by atoms with Gasteiger partial charge in [-0.15, -0.1) is 0 Å². The number of hydrogen-bond donors (Lipinski definition) is 1. The molecule has 0 aromatic carbocycles. The molecule has 0 spiro atoms. The molecule has 0 radical (unpaired) electrons. The summed E-state index contributed by atoms with van der Waals surface area (Å²) in [5, 5.41) is 9.78. The monoisotopic (exact) mass is 290 g/mol. The highest BCUT2D eigenvalue weighted by Crippen LogP contribution is 2.14. The lowest BCUT2D eigenvalue weighted by Crippen LogP contribution is -2.35. The maximum Gasteiger partial charge on any atom is 0.320 e. The summed E-state index contributed by atoms with van der Waals surface area (Å²) >= 11 is 0. The van der Waals surface area contributed by atoms with Gasteiger partial charge in [0.05, 0.1) is 24.9 Å². The molecule has 0 rings (SSSR count). The molecule has 1 N–H and O–H groups in total.